The van der Waals surface area contributed by atoms with Crippen molar-refractivity contribution in [2.45, 2.75) is 131 Å². The molecule has 0 spiro atoms. The predicted octanol–water partition coefficient (Wildman–Crippen LogP) is 9.66. The van der Waals surface area contributed by atoms with Crippen LogP contribution in [0.15, 0.2) is 49.1 Å². The van der Waals surface area contributed by atoms with Crippen LogP contribution < -0.4 is 30.4 Å². The number of methoxy groups -OCH3 is 5. The second-order valence-electron chi connectivity index (χ2n) is 24.6. The van der Waals surface area contributed by atoms with E-state index >= 15 is 0 Å². The number of carbonyl (C=O) groups excluding carboxylic acids is 5. The SMILES string of the molecule is CCn1cc(CC(=O)N(C)C)c2c(OC)c(CCC(=O)O)cc(F)c21.CCn1cc(CC(=O)N(C)C)c2c(OC)c(CCC(=O)OC)cc(F)c21.CCn1cc(CC(=O)N(C)C)c2c(OC)c(CCC(N)=O)cc(F)c21.CCn1cc(CCN(C)C)c2c(OC)c(CCCN)cc(F)c21. The molecule has 0 saturated carbocycles. The second kappa shape index (κ2) is 37.0. The third-order valence-corrected chi connectivity index (χ3v) is 17.1. The Morgan fingerprint density at radius 1 is 0.434 bits per heavy atom. The molecule has 8 aromatic rings. The Kier molecular flexibility index (Phi) is 30.1. The van der Waals surface area contributed by atoms with Gasteiger partial charge in [0.15, 0.2) is 0 Å². The van der Waals surface area contributed by atoms with E-state index in [0.717, 1.165) is 54.6 Å². The van der Waals surface area contributed by atoms with E-state index in [0.29, 0.717) is 121 Å². The van der Waals surface area contributed by atoms with Crippen LogP contribution >= 0.6 is 0 Å². The van der Waals surface area contributed by atoms with E-state index in [1.807, 2.05) is 46.4 Å². The number of rotatable bonds is 29. The molecule has 542 valence electrons. The van der Waals surface area contributed by atoms with Gasteiger partial charge in [-0.15, -0.1) is 0 Å². The molecular formula is C73H100F4N10O12. The molecule has 0 bridgehead atoms. The molecule has 0 radical (unpaired) electrons. The summed E-state index contributed by atoms with van der Waals surface area (Å²) in [5.74, 6) is -1.25. The van der Waals surface area contributed by atoms with Gasteiger partial charge in [-0.2, -0.15) is 0 Å². The molecule has 4 amide bonds. The Morgan fingerprint density at radius 2 is 0.727 bits per heavy atom. The van der Waals surface area contributed by atoms with Gasteiger partial charge < -0.3 is 78.1 Å². The lowest BCUT2D eigenvalue weighted by Gasteiger charge is -2.14. The summed E-state index contributed by atoms with van der Waals surface area (Å²) in [6.07, 6.45) is 11.1. The predicted molar refractivity (Wildman–Crippen MR) is 377 cm³/mol. The van der Waals surface area contributed by atoms with E-state index in [2.05, 4.69) is 15.8 Å². The van der Waals surface area contributed by atoms with Crippen LogP contribution in [0, 0.1) is 23.3 Å². The first kappa shape index (κ1) is 80.4. The number of aryl methyl sites for hydroxylation is 8. The number of aromatic nitrogens is 4. The molecule has 4 aromatic carbocycles. The maximum absolute atomic E-state index is 14.8. The molecular weight excluding hydrogens is 1280 g/mol. The number of halogens is 4. The zero-order valence-electron chi connectivity index (χ0n) is 60.5. The van der Waals surface area contributed by atoms with E-state index in [-0.39, 0.29) is 80.9 Å². The van der Waals surface area contributed by atoms with Crippen LogP contribution in [0.1, 0.15) is 97.9 Å². The van der Waals surface area contributed by atoms with Crippen LogP contribution in [0.4, 0.5) is 17.6 Å². The fraction of sp³-hybridized carbons (Fsp3) is 0.479. The zero-order chi connectivity index (χ0) is 73.9. The first-order chi connectivity index (χ1) is 46.9. The highest BCUT2D eigenvalue weighted by Crippen LogP contribution is 2.41. The van der Waals surface area contributed by atoms with Crippen LogP contribution in [0.2, 0.25) is 0 Å². The Morgan fingerprint density at radius 3 is 0.990 bits per heavy atom. The smallest absolute Gasteiger partial charge is 0.305 e. The van der Waals surface area contributed by atoms with Gasteiger partial charge in [0, 0.05) is 141 Å². The van der Waals surface area contributed by atoms with Crippen molar-refractivity contribution in [2.24, 2.45) is 11.5 Å². The summed E-state index contributed by atoms with van der Waals surface area (Å²) in [5.41, 5.74) is 18.4. The minimum Gasteiger partial charge on any atom is -0.496 e. The lowest BCUT2D eigenvalue weighted by atomic mass is 10.0. The van der Waals surface area contributed by atoms with Gasteiger partial charge in [-0.1, -0.05) is 0 Å². The Bertz CT molecular complexity index is 4030. The van der Waals surface area contributed by atoms with Crippen molar-refractivity contribution in [3.8, 4) is 23.0 Å². The molecule has 0 aliphatic heterocycles. The van der Waals surface area contributed by atoms with Crippen molar-refractivity contribution in [3.63, 3.8) is 0 Å². The van der Waals surface area contributed by atoms with Crippen LogP contribution in [0.25, 0.3) is 43.6 Å². The van der Waals surface area contributed by atoms with Gasteiger partial charge in [0.1, 0.15) is 46.3 Å². The summed E-state index contributed by atoms with van der Waals surface area (Å²) in [4.78, 5) is 76.5. The monoisotopic (exact) mass is 1380 g/mol. The summed E-state index contributed by atoms with van der Waals surface area (Å²) in [7, 11) is 21.6. The first-order valence-corrected chi connectivity index (χ1v) is 33.0. The number of esters is 1. The van der Waals surface area contributed by atoms with Crippen LogP contribution in [-0.2, 0) is 111 Å². The molecule has 0 fully saturated rings. The molecule has 22 nitrogen and oxygen atoms in total. The summed E-state index contributed by atoms with van der Waals surface area (Å²) < 4.78 is 93.2. The summed E-state index contributed by atoms with van der Waals surface area (Å²) in [6, 6.07) is 5.72. The normalized spacial score (nSPS) is 11.1. The van der Waals surface area contributed by atoms with Crippen LogP contribution in [0.3, 0.4) is 0 Å². The van der Waals surface area contributed by atoms with E-state index in [4.69, 9.17) is 35.5 Å². The minimum absolute atomic E-state index is 0.0809. The first-order valence-electron chi connectivity index (χ1n) is 33.0. The summed E-state index contributed by atoms with van der Waals surface area (Å²) >= 11 is 0. The van der Waals surface area contributed by atoms with Gasteiger partial charge in [-0.05, 0) is 156 Å². The lowest BCUT2D eigenvalue weighted by molar-refractivity contribution is -0.140. The number of fused-ring (bicyclic) bond motifs is 4. The van der Waals surface area contributed by atoms with Gasteiger partial charge in [-0.25, -0.2) is 17.6 Å². The number of hydrogen-bond donors (Lipinski definition) is 3. The average molecular weight is 1390 g/mol. The number of nitrogens with zero attached hydrogens (tertiary/aromatic N) is 8. The Balaban J connectivity index is 0.000000238. The number of nitrogens with two attached hydrogens (primary N) is 2. The number of hydrogen-bond acceptors (Lipinski definition) is 13. The number of aliphatic carboxylic acids is 1. The summed E-state index contributed by atoms with van der Waals surface area (Å²) in [6.45, 7) is 11.7. The fourth-order valence-corrected chi connectivity index (χ4v) is 12.0. The van der Waals surface area contributed by atoms with Crippen molar-refractivity contribution in [3.05, 3.63) is 117 Å². The fourth-order valence-electron chi connectivity index (χ4n) is 12.0. The number of likely N-dealkylation sites (N-methyl/N-ethyl adjacent to an activating group) is 4. The van der Waals surface area contributed by atoms with Gasteiger partial charge in [0.05, 0.1) is 76.9 Å². The molecule has 8 rings (SSSR count). The number of benzene rings is 4. The number of primary amides is 1. The highest BCUT2D eigenvalue weighted by Gasteiger charge is 2.27. The number of carbonyl (C=O) groups is 6. The number of amides is 4. The molecule has 99 heavy (non-hydrogen) atoms. The number of carboxylic acid groups (broad SMARTS) is 1. The van der Waals surface area contributed by atoms with Crippen molar-refractivity contribution in [1.82, 2.24) is 37.9 Å². The van der Waals surface area contributed by atoms with E-state index in [9.17, 15) is 46.3 Å². The van der Waals surface area contributed by atoms with Gasteiger partial charge in [0.25, 0.3) is 0 Å². The third kappa shape index (κ3) is 19.5. The molecule has 26 heteroatoms. The standard InChI is InChI=1S/C19H25FN2O4.C18H24FN3O3.C18H28FN3O.C18H23FN2O4/c1-6-22-11-13(10-15(23)21(2)3)17-18(22)14(20)9-12(19(17)26-5)7-8-16(24)25-4;1-5-22-10-12(9-15(24)21(2)3)16-17(22)13(19)8-11(18(16)25-4)6-7-14(20)23;1-5-22-12-14(8-10-21(2)3)16-17(22)15(19)11-13(7-6-9-20)18(16)23-4;1-5-21-10-12(9-14(22)20(2)3)16-17(21)13(19)8-11(18(16)25-4)6-7-15(23)24/h9,11H,6-8,10H2,1-5H3;8,10H,5-7,9H2,1-4H3,(H2,20,23);11-12H,5-10,20H2,1-4H3;8,10H,5-7,9H2,1-4H3,(H,23,24). The largest absolute Gasteiger partial charge is 0.496 e. The van der Waals surface area contributed by atoms with Crippen molar-refractivity contribution in [2.75, 3.05) is 105 Å². The molecule has 4 aromatic heterocycles. The number of carboxylic acids is 1. The molecule has 0 saturated heterocycles. The molecule has 0 unspecified atom stereocenters. The maximum atomic E-state index is 14.8. The molecule has 5 N–H and O–H groups in total. The second-order valence-corrected chi connectivity index (χ2v) is 24.6. The lowest BCUT2D eigenvalue weighted by Crippen LogP contribution is -2.23. The Hall–Kier alpha value is -9.30. The zero-order valence-corrected chi connectivity index (χ0v) is 60.5. The van der Waals surface area contributed by atoms with E-state index < -0.39 is 29.3 Å². The quantitative estimate of drug-likeness (QED) is 0.0292. The third-order valence-electron chi connectivity index (χ3n) is 17.1. The number of ether oxygens (including phenoxy) is 5. The van der Waals surface area contributed by atoms with Gasteiger partial charge in [-0.3, -0.25) is 28.8 Å². The minimum atomic E-state index is -0.961. The highest BCUT2D eigenvalue weighted by molar-refractivity contribution is 5.98. The Labute approximate surface area is 577 Å². The van der Waals surface area contributed by atoms with Crippen LogP contribution in [0.5, 0.6) is 23.0 Å². The van der Waals surface area contributed by atoms with Gasteiger partial charge >= 0.3 is 11.9 Å². The summed E-state index contributed by atoms with van der Waals surface area (Å²) in [5, 5.41) is 11.5. The molecule has 0 aliphatic carbocycles. The van der Waals surface area contributed by atoms with Crippen molar-refractivity contribution < 1.29 is 75.1 Å². The van der Waals surface area contributed by atoms with Gasteiger partial charge in [0.2, 0.25) is 23.6 Å². The topological polar surface area (TPSA) is 254 Å². The molecule has 0 aliphatic rings. The van der Waals surface area contributed by atoms with Crippen molar-refractivity contribution in [1.29, 1.82) is 0 Å². The molecule has 4 heterocycles. The maximum Gasteiger partial charge on any atom is 0.305 e. The van der Waals surface area contributed by atoms with E-state index in [1.54, 1.807) is 87.8 Å². The van der Waals surface area contributed by atoms with E-state index in [1.165, 1.54) is 61.3 Å². The molecule has 0 atom stereocenters. The van der Waals surface area contributed by atoms with Crippen molar-refractivity contribution >= 4 is 79.2 Å². The van der Waals surface area contributed by atoms with Crippen LogP contribution in [-0.4, -0.2) is 184 Å². The highest BCUT2D eigenvalue weighted by atomic mass is 19.1. The average Bonchev–Trinajstić information content (AvgIpc) is 1.70.